The summed E-state index contributed by atoms with van der Waals surface area (Å²) in [4.78, 5) is 0. The first kappa shape index (κ1) is 11.1. The Morgan fingerprint density at radius 3 is 2.44 bits per heavy atom. The summed E-state index contributed by atoms with van der Waals surface area (Å²) in [7, 11) is 1.76. The van der Waals surface area contributed by atoms with Crippen molar-refractivity contribution < 1.29 is 4.74 Å². The van der Waals surface area contributed by atoms with Crippen molar-refractivity contribution in [3.8, 4) is 0 Å². The number of methoxy groups -OCH3 is 1. The minimum Gasteiger partial charge on any atom is -0.500 e. The van der Waals surface area contributed by atoms with Gasteiger partial charge in [-0.1, -0.05) is 54.6 Å². The molecule has 1 aliphatic rings. The first-order chi connectivity index (χ1) is 8.88. The van der Waals surface area contributed by atoms with E-state index in [0.717, 1.165) is 12.2 Å². The molecule has 0 bridgehead atoms. The van der Waals surface area contributed by atoms with Crippen molar-refractivity contribution in [3.63, 3.8) is 0 Å². The molecule has 2 aromatic rings. The molecule has 0 fully saturated rings. The third-order valence-electron chi connectivity index (χ3n) is 3.53. The maximum absolute atomic E-state index is 5.54. The fourth-order valence-electron chi connectivity index (χ4n) is 2.63. The van der Waals surface area contributed by atoms with Gasteiger partial charge in [0.1, 0.15) is 5.76 Å². The number of allylic oxidation sites excluding steroid dienone is 1. The highest BCUT2D eigenvalue weighted by atomic mass is 16.5. The van der Waals surface area contributed by atoms with Crippen LogP contribution in [0.25, 0.3) is 6.08 Å². The Balaban J connectivity index is 1.94. The molecule has 1 heteroatoms. The summed E-state index contributed by atoms with van der Waals surface area (Å²) in [5.41, 5.74) is 4.01. The number of fused-ring (bicyclic) bond motifs is 1. The van der Waals surface area contributed by atoms with Gasteiger partial charge in [-0.3, -0.25) is 0 Å². The molecule has 90 valence electrons. The minimum absolute atomic E-state index is 0.355. The van der Waals surface area contributed by atoms with Crippen molar-refractivity contribution >= 4 is 6.08 Å². The molecule has 0 heterocycles. The van der Waals surface area contributed by atoms with Crippen molar-refractivity contribution in [2.45, 2.75) is 12.3 Å². The van der Waals surface area contributed by atoms with E-state index in [1.807, 2.05) is 0 Å². The quantitative estimate of drug-likeness (QED) is 0.782. The van der Waals surface area contributed by atoms with Gasteiger partial charge in [0, 0.05) is 5.92 Å². The minimum atomic E-state index is 0.355. The van der Waals surface area contributed by atoms with E-state index >= 15 is 0 Å². The molecule has 18 heavy (non-hydrogen) atoms. The number of hydrogen-bond acceptors (Lipinski definition) is 1. The Hall–Kier alpha value is -2.02. The Bertz CT molecular complexity index is 569. The predicted octanol–water partition coefficient (Wildman–Crippen LogP) is 4.01. The first-order valence-corrected chi connectivity index (χ1v) is 6.27. The Morgan fingerprint density at radius 1 is 0.944 bits per heavy atom. The molecule has 0 radical (unpaired) electrons. The molecule has 0 aliphatic heterocycles. The number of hydrogen-bond donors (Lipinski definition) is 0. The molecule has 1 aliphatic carbocycles. The fraction of sp³-hybridized carbons (Fsp3) is 0.176. The van der Waals surface area contributed by atoms with Crippen LogP contribution in [-0.4, -0.2) is 7.11 Å². The molecule has 0 N–H and O–H groups in total. The lowest BCUT2D eigenvalue weighted by Crippen LogP contribution is -2.04. The largest absolute Gasteiger partial charge is 0.500 e. The summed E-state index contributed by atoms with van der Waals surface area (Å²) in [5, 5.41) is 0. The van der Waals surface area contributed by atoms with E-state index in [0.29, 0.717) is 5.92 Å². The van der Waals surface area contributed by atoms with Crippen LogP contribution in [0.15, 0.2) is 60.4 Å². The third kappa shape index (κ3) is 1.92. The van der Waals surface area contributed by atoms with Gasteiger partial charge in [0.05, 0.1) is 7.11 Å². The molecule has 3 rings (SSSR count). The molecule has 0 saturated heterocycles. The highest BCUT2D eigenvalue weighted by Crippen LogP contribution is 2.38. The molecule has 0 aromatic heterocycles. The summed E-state index contributed by atoms with van der Waals surface area (Å²) in [6.07, 6.45) is 3.15. The molecule has 0 amide bonds. The van der Waals surface area contributed by atoms with Crippen LogP contribution in [0, 0.1) is 0 Å². The van der Waals surface area contributed by atoms with Crippen LogP contribution in [-0.2, 0) is 11.2 Å². The van der Waals surface area contributed by atoms with E-state index in [-0.39, 0.29) is 0 Å². The molecule has 1 atom stereocenters. The van der Waals surface area contributed by atoms with Crippen molar-refractivity contribution in [2.75, 3.05) is 7.11 Å². The van der Waals surface area contributed by atoms with Gasteiger partial charge in [-0.2, -0.15) is 0 Å². The van der Waals surface area contributed by atoms with E-state index in [2.05, 4.69) is 60.7 Å². The lowest BCUT2D eigenvalue weighted by molar-refractivity contribution is 0.270. The normalized spacial score (nSPS) is 17.2. The van der Waals surface area contributed by atoms with Crippen LogP contribution in [0.2, 0.25) is 0 Å². The van der Waals surface area contributed by atoms with Gasteiger partial charge < -0.3 is 4.74 Å². The van der Waals surface area contributed by atoms with Crippen LogP contribution in [0.4, 0.5) is 0 Å². The van der Waals surface area contributed by atoms with Gasteiger partial charge in [0.2, 0.25) is 0 Å². The SMILES string of the molecule is COC1=Cc2ccccc2C1Cc1ccccc1. The van der Waals surface area contributed by atoms with Gasteiger partial charge in [-0.15, -0.1) is 0 Å². The highest BCUT2D eigenvalue weighted by Gasteiger charge is 2.25. The zero-order valence-corrected chi connectivity index (χ0v) is 10.5. The summed E-state index contributed by atoms with van der Waals surface area (Å²) in [5.74, 6) is 1.42. The molecule has 1 unspecified atom stereocenters. The van der Waals surface area contributed by atoms with Crippen molar-refractivity contribution in [1.82, 2.24) is 0 Å². The van der Waals surface area contributed by atoms with Crippen molar-refractivity contribution in [2.24, 2.45) is 0 Å². The average Bonchev–Trinajstić information content (AvgIpc) is 2.78. The molecule has 0 saturated carbocycles. The summed E-state index contributed by atoms with van der Waals surface area (Å²) >= 11 is 0. The Morgan fingerprint density at radius 2 is 1.67 bits per heavy atom. The maximum atomic E-state index is 5.54. The van der Waals surface area contributed by atoms with Crippen molar-refractivity contribution in [1.29, 1.82) is 0 Å². The smallest absolute Gasteiger partial charge is 0.104 e. The van der Waals surface area contributed by atoms with E-state index in [1.54, 1.807) is 7.11 Å². The maximum Gasteiger partial charge on any atom is 0.104 e. The first-order valence-electron chi connectivity index (χ1n) is 6.27. The van der Waals surface area contributed by atoms with E-state index in [1.165, 1.54) is 16.7 Å². The lowest BCUT2D eigenvalue weighted by Gasteiger charge is -2.15. The van der Waals surface area contributed by atoms with E-state index in [4.69, 9.17) is 4.74 Å². The highest BCUT2D eigenvalue weighted by molar-refractivity contribution is 5.65. The molecular formula is C17H16O. The summed E-state index contributed by atoms with van der Waals surface area (Å²) in [6, 6.07) is 19.1. The molecule has 1 nitrogen and oxygen atoms in total. The fourth-order valence-corrected chi connectivity index (χ4v) is 2.63. The van der Waals surface area contributed by atoms with Gasteiger partial charge in [-0.25, -0.2) is 0 Å². The second kappa shape index (κ2) is 4.69. The van der Waals surface area contributed by atoms with Gasteiger partial charge in [-0.05, 0) is 29.2 Å². The monoisotopic (exact) mass is 236 g/mol. The average molecular weight is 236 g/mol. The van der Waals surface area contributed by atoms with Crippen LogP contribution in [0.5, 0.6) is 0 Å². The topological polar surface area (TPSA) is 9.23 Å². The van der Waals surface area contributed by atoms with Gasteiger partial charge in [0.25, 0.3) is 0 Å². The molecular weight excluding hydrogens is 220 g/mol. The number of rotatable bonds is 3. The standard InChI is InChI=1S/C17H16O/c1-18-17-12-14-9-5-6-10-15(14)16(17)11-13-7-3-2-4-8-13/h2-10,12,16H,11H2,1H3. The van der Waals surface area contributed by atoms with Gasteiger partial charge >= 0.3 is 0 Å². The predicted molar refractivity (Wildman–Crippen MR) is 74.3 cm³/mol. The van der Waals surface area contributed by atoms with Crippen molar-refractivity contribution in [3.05, 3.63) is 77.0 Å². The van der Waals surface area contributed by atoms with E-state index in [9.17, 15) is 0 Å². The van der Waals surface area contributed by atoms with Crippen LogP contribution in [0.3, 0.4) is 0 Å². The second-order valence-electron chi connectivity index (χ2n) is 4.62. The molecule has 2 aromatic carbocycles. The number of benzene rings is 2. The Kier molecular flexibility index (Phi) is 2.89. The lowest BCUT2D eigenvalue weighted by atomic mass is 9.93. The third-order valence-corrected chi connectivity index (χ3v) is 3.53. The van der Waals surface area contributed by atoms with Gasteiger partial charge in [0.15, 0.2) is 0 Å². The molecule has 0 spiro atoms. The zero-order chi connectivity index (χ0) is 12.4. The summed E-state index contributed by atoms with van der Waals surface area (Å²) < 4.78 is 5.54. The zero-order valence-electron chi connectivity index (χ0n) is 10.5. The number of ether oxygens (including phenoxy) is 1. The van der Waals surface area contributed by atoms with Crippen LogP contribution >= 0.6 is 0 Å². The summed E-state index contributed by atoms with van der Waals surface area (Å²) in [6.45, 7) is 0. The van der Waals surface area contributed by atoms with E-state index < -0.39 is 0 Å². The van der Waals surface area contributed by atoms with Crippen LogP contribution in [0.1, 0.15) is 22.6 Å². The van der Waals surface area contributed by atoms with Crippen LogP contribution < -0.4 is 0 Å². The Labute approximate surface area is 108 Å². The second-order valence-corrected chi connectivity index (χ2v) is 4.62.